The van der Waals surface area contributed by atoms with Gasteiger partial charge < -0.3 is 19.0 Å². The number of hydrogen-bond donors (Lipinski definition) is 1. The lowest BCUT2D eigenvalue weighted by atomic mass is 10.1. The molecule has 3 aromatic rings. The van der Waals surface area contributed by atoms with Gasteiger partial charge in [0.15, 0.2) is 5.03 Å². The second-order valence-corrected chi connectivity index (χ2v) is 9.47. The maximum atomic E-state index is 12.6. The van der Waals surface area contributed by atoms with Crippen LogP contribution in [0.5, 0.6) is 5.75 Å². The summed E-state index contributed by atoms with van der Waals surface area (Å²) in [4.78, 5) is 6.51. The molecule has 0 bridgehead atoms. The number of aromatic nitrogens is 3. The molecule has 9 heteroatoms. The Kier molecular flexibility index (Phi) is 4.81. The zero-order chi connectivity index (χ0) is 19.8. The summed E-state index contributed by atoms with van der Waals surface area (Å²) in [5.74, 6) is 0.857. The highest BCUT2D eigenvalue weighted by atomic mass is 32.2. The van der Waals surface area contributed by atoms with E-state index in [4.69, 9.17) is 9.47 Å². The van der Waals surface area contributed by atoms with Gasteiger partial charge in [0.2, 0.25) is 0 Å². The largest absolute Gasteiger partial charge is 0.490 e. The molecule has 2 aromatic heterocycles. The smallest absolute Gasteiger partial charge is 0.260 e. The van der Waals surface area contributed by atoms with Crippen LogP contribution in [0.1, 0.15) is 25.3 Å². The Bertz CT molecular complexity index is 1080. The lowest BCUT2D eigenvalue weighted by Crippen LogP contribution is -2.41. The van der Waals surface area contributed by atoms with Crippen molar-refractivity contribution in [2.45, 2.75) is 36.4 Å². The van der Waals surface area contributed by atoms with Crippen LogP contribution in [0.15, 0.2) is 48.0 Å². The fraction of sp³-hybridized carbons (Fsp3) is 0.450. The average molecular weight is 417 g/mol. The van der Waals surface area contributed by atoms with E-state index in [1.807, 2.05) is 12.1 Å². The number of benzene rings is 1. The number of nitrogens with zero attached hydrogens (tertiary/aromatic N) is 3. The van der Waals surface area contributed by atoms with Gasteiger partial charge >= 0.3 is 0 Å². The minimum Gasteiger partial charge on any atom is -0.490 e. The Labute approximate surface area is 169 Å². The molecule has 154 valence electrons. The Morgan fingerprint density at radius 2 is 2.03 bits per heavy atom. The number of imidazole rings is 1. The van der Waals surface area contributed by atoms with Crippen molar-refractivity contribution < 1.29 is 17.9 Å². The topological polar surface area (TPSA) is 89.5 Å². The van der Waals surface area contributed by atoms with Crippen LogP contribution in [-0.4, -0.2) is 59.7 Å². The summed E-state index contributed by atoms with van der Waals surface area (Å²) < 4.78 is 40.8. The summed E-state index contributed by atoms with van der Waals surface area (Å²) >= 11 is 0. The number of fused-ring (bicyclic) bond motifs is 1. The summed E-state index contributed by atoms with van der Waals surface area (Å²) in [5, 5.41) is 1.23. The number of piperidine rings is 1. The molecule has 2 aliphatic heterocycles. The van der Waals surface area contributed by atoms with Gasteiger partial charge in [-0.25, -0.2) is 13.4 Å². The fourth-order valence-electron chi connectivity index (χ4n) is 4.22. The summed E-state index contributed by atoms with van der Waals surface area (Å²) in [7, 11) is -3.51. The first kappa shape index (κ1) is 18.7. The van der Waals surface area contributed by atoms with E-state index in [0.717, 1.165) is 36.3 Å². The second-order valence-electron chi connectivity index (χ2n) is 7.57. The molecular formula is C20H24N4O4S. The monoisotopic (exact) mass is 416 g/mol. The van der Waals surface area contributed by atoms with E-state index in [0.29, 0.717) is 32.0 Å². The first-order valence-corrected chi connectivity index (χ1v) is 11.4. The molecule has 0 saturated carbocycles. The van der Waals surface area contributed by atoms with Gasteiger partial charge in [-0.2, -0.15) is 4.31 Å². The number of ether oxygens (including phenoxy) is 2. The standard InChI is InChI=1S/C20H24N4O4S/c25-29(26,20-12-21-14-22-20)23-8-4-16(5-9-23)28-19-3-1-2-18-17(19)6-10-24(18)15-7-11-27-13-15/h1-3,6,10,12,14-16H,4-5,7-9,11,13H2,(H,21,22). The molecule has 8 nitrogen and oxygen atoms in total. The first-order chi connectivity index (χ1) is 14.1. The van der Waals surface area contributed by atoms with Crippen LogP contribution in [0.3, 0.4) is 0 Å². The predicted molar refractivity (Wildman–Crippen MR) is 107 cm³/mol. The van der Waals surface area contributed by atoms with E-state index in [9.17, 15) is 8.42 Å². The molecule has 29 heavy (non-hydrogen) atoms. The summed E-state index contributed by atoms with van der Waals surface area (Å²) in [6, 6.07) is 8.59. The van der Waals surface area contributed by atoms with Crippen molar-refractivity contribution in [3.8, 4) is 5.75 Å². The molecule has 1 N–H and O–H groups in total. The molecule has 1 atom stereocenters. The van der Waals surface area contributed by atoms with Crippen molar-refractivity contribution in [1.29, 1.82) is 0 Å². The maximum Gasteiger partial charge on any atom is 0.260 e. The van der Waals surface area contributed by atoms with Crippen LogP contribution < -0.4 is 4.74 Å². The van der Waals surface area contributed by atoms with Crippen molar-refractivity contribution >= 4 is 20.9 Å². The first-order valence-electron chi connectivity index (χ1n) is 9.95. The van der Waals surface area contributed by atoms with E-state index < -0.39 is 10.0 Å². The van der Waals surface area contributed by atoms with Gasteiger partial charge in [0.05, 0.1) is 30.7 Å². The summed E-state index contributed by atoms with van der Waals surface area (Å²) in [6.45, 7) is 2.42. The Hall–Kier alpha value is -2.36. The van der Waals surface area contributed by atoms with Crippen molar-refractivity contribution in [3.05, 3.63) is 43.0 Å². The zero-order valence-corrected chi connectivity index (χ0v) is 16.8. The molecule has 0 amide bonds. The summed E-state index contributed by atoms with van der Waals surface area (Å²) in [6.07, 6.45) is 7.16. The molecule has 4 heterocycles. The van der Waals surface area contributed by atoms with Crippen molar-refractivity contribution in [2.24, 2.45) is 0 Å². The minimum atomic E-state index is -3.51. The zero-order valence-electron chi connectivity index (χ0n) is 16.0. The van der Waals surface area contributed by atoms with Gasteiger partial charge in [-0.1, -0.05) is 6.07 Å². The minimum absolute atomic E-state index is 0.00743. The Balaban J connectivity index is 1.29. The molecule has 0 radical (unpaired) electrons. The normalized spacial score (nSPS) is 21.7. The van der Waals surface area contributed by atoms with Gasteiger partial charge in [-0.15, -0.1) is 0 Å². The lowest BCUT2D eigenvalue weighted by Gasteiger charge is -2.31. The molecule has 0 aliphatic carbocycles. The summed E-state index contributed by atoms with van der Waals surface area (Å²) in [5.41, 5.74) is 1.15. The highest BCUT2D eigenvalue weighted by Crippen LogP contribution is 2.33. The van der Waals surface area contributed by atoms with Gasteiger partial charge in [-0.05, 0) is 37.5 Å². The molecule has 1 unspecified atom stereocenters. The number of aromatic amines is 1. The van der Waals surface area contributed by atoms with E-state index in [1.165, 1.54) is 16.8 Å². The third-order valence-corrected chi connectivity index (χ3v) is 7.63. The molecule has 0 spiro atoms. The highest BCUT2D eigenvalue weighted by Gasteiger charge is 2.31. The van der Waals surface area contributed by atoms with Crippen molar-refractivity contribution in [3.63, 3.8) is 0 Å². The van der Waals surface area contributed by atoms with Crippen LogP contribution in [0.25, 0.3) is 10.9 Å². The van der Waals surface area contributed by atoms with Crippen LogP contribution in [0.4, 0.5) is 0 Å². The quantitative estimate of drug-likeness (QED) is 0.690. The molecule has 1 aromatic carbocycles. The number of nitrogens with one attached hydrogen (secondary N) is 1. The number of sulfonamides is 1. The van der Waals surface area contributed by atoms with Crippen molar-refractivity contribution in [1.82, 2.24) is 18.8 Å². The highest BCUT2D eigenvalue weighted by molar-refractivity contribution is 7.89. The van der Waals surface area contributed by atoms with Crippen LogP contribution in [0.2, 0.25) is 0 Å². The Morgan fingerprint density at radius 1 is 1.17 bits per heavy atom. The maximum absolute atomic E-state index is 12.6. The number of rotatable bonds is 5. The fourth-order valence-corrected chi connectivity index (χ4v) is 5.58. The molecule has 5 rings (SSSR count). The lowest BCUT2D eigenvalue weighted by molar-refractivity contribution is 0.136. The number of hydrogen-bond acceptors (Lipinski definition) is 5. The van der Waals surface area contributed by atoms with Crippen LogP contribution in [-0.2, 0) is 14.8 Å². The van der Waals surface area contributed by atoms with E-state index >= 15 is 0 Å². The molecule has 2 fully saturated rings. The average Bonchev–Trinajstić information content (AvgIpc) is 3.49. The molecule has 2 aliphatic rings. The third kappa shape index (κ3) is 3.43. The Morgan fingerprint density at radius 3 is 2.76 bits per heavy atom. The van der Waals surface area contributed by atoms with Crippen LogP contribution >= 0.6 is 0 Å². The van der Waals surface area contributed by atoms with Gasteiger partial charge in [0, 0.05) is 31.3 Å². The predicted octanol–water partition coefficient (Wildman–Crippen LogP) is 2.56. The third-order valence-electron chi connectivity index (χ3n) is 5.81. The van der Waals surface area contributed by atoms with Gasteiger partial charge in [0.25, 0.3) is 10.0 Å². The van der Waals surface area contributed by atoms with Gasteiger partial charge in [-0.3, -0.25) is 0 Å². The van der Waals surface area contributed by atoms with E-state index in [1.54, 1.807) is 0 Å². The number of H-pyrrole nitrogens is 1. The van der Waals surface area contributed by atoms with Gasteiger partial charge in [0.1, 0.15) is 11.9 Å². The SMILES string of the molecule is O=S(=O)(c1cnc[nH]1)N1CCC(Oc2cccc3c2ccn3C2CCOC2)CC1. The van der Waals surface area contributed by atoms with E-state index in [-0.39, 0.29) is 11.1 Å². The van der Waals surface area contributed by atoms with Crippen molar-refractivity contribution in [2.75, 3.05) is 26.3 Å². The van der Waals surface area contributed by atoms with Crippen LogP contribution in [0, 0.1) is 0 Å². The molecule has 2 saturated heterocycles. The molecular weight excluding hydrogens is 392 g/mol. The second kappa shape index (κ2) is 7.47. The van der Waals surface area contributed by atoms with E-state index in [2.05, 4.69) is 32.9 Å².